The smallest absolute Gasteiger partial charge is 0.251 e. The molecule has 1 aliphatic heterocycles. The maximum absolute atomic E-state index is 11.9. The van der Waals surface area contributed by atoms with Gasteiger partial charge in [0.2, 0.25) is 0 Å². The fourth-order valence-electron chi connectivity index (χ4n) is 1.94. The van der Waals surface area contributed by atoms with E-state index in [0.717, 1.165) is 29.6 Å². The Labute approximate surface area is 125 Å². The number of halogens is 2. The van der Waals surface area contributed by atoms with Gasteiger partial charge in [-0.15, -0.1) is 0 Å². The minimum absolute atomic E-state index is 0.0628. The van der Waals surface area contributed by atoms with E-state index in [1.54, 1.807) is 12.1 Å². The number of carbonyl (C=O) groups excluding carboxylic acids is 1. The van der Waals surface area contributed by atoms with Gasteiger partial charge in [0.1, 0.15) is 0 Å². The lowest BCUT2D eigenvalue weighted by molar-refractivity contribution is 0.0950. The average Bonchev–Trinajstić information content (AvgIpc) is 2.85. The summed E-state index contributed by atoms with van der Waals surface area (Å²) in [6.45, 7) is 2.37. The zero-order valence-electron chi connectivity index (χ0n) is 9.92. The highest BCUT2D eigenvalue weighted by atomic mass is 127. The molecule has 1 aromatic rings. The molecule has 1 aromatic carbocycles. The highest BCUT2D eigenvalue weighted by Gasteiger charge is 2.15. The van der Waals surface area contributed by atoms with Crippen LogP contribution in [0.1, 0.15) is 23.2 Å². The summed E-state index contributed by atoms with van der Waals surface area (Å²) >= 11 is 8.13. The Morgan fingerprint density at radius 3 is 3.06 bits per heavy atom. The van der Waals surface area contributed by atoms with E-state index < -0.39 is 0 Å². The summed E-state index contributed by atoms with van der Waals surface area (Å²) in [4.78, 5) is 11.9. The largest absolute Gasteiger partial charge is 0.381 e. The molecule has 1 fully saturated rings. The number of amides is 1. The van der Waals surface area contributed by atoms with E-state index in [-0.39, 0.29) is 5.91 Å². The van der Waals surface area contributed by atoms with Crippen LogP contribution in [0.15, 0.2) is 18.2 Å². The van der Waals surface area contributed by atoms with Gasteiger partial charge in [-0.05, 0) is 59.5 Å². The summed E-state index contributed by atoms with van der Waals surface area (Å²) in [7, 11) is 0. The predicted molar refractivity (Wildman–Crippen MR) is 80.0 cm³/mol. The summed E-state index contributed by atoms with van der Waals surface area (Å²) in [6, 6.07) is 5.35. The molecule has 98 valence electrons. The second-order valence-corrected chi connectivity index (χ2v) is 5.97. The van der Waals surface area contributed by atoms with Crippen molar-refractivity contribution in [3.8, 4) is 0 Å². The van der Waals surface area contributed by atoms with Gasteiger partial charge in [0.25, 0.3) is 5.91 Å². The first kappa shape index (κ1) is 14.1. The van der Waals surface area contributed by atoms with Crippen molar-refractivity contribution in [3.05, 3.63) is 32.4 Å². The molecule has 1 saturated heterocycles. The Morgan fingerprint density at radius 1 is 1.56 bits per heavy atom. The van der Waals surface area contributed by atoms with Crippen LogP contribution in [0, 0.1) is 9.49 Å². The van der Waals surface area contributed by atoms with Crippen molar-refractivity contribution >= 4 is 40.1 Å². The molecular formula is C13H15ClINO2. The fourth-order valence-corrected chi connectivity index (χ4v) is 2.46. The summed E-state index contributed by atoms with van der Waals surface area (Å²) in [5.74, 6) is 0.526. The van der Waals surface area contributed by atoms with Gasteiger partial charge in [0, 0.05) is 28.9 Å². The number of hydrogen-bond acceptors (Lipinski definition) is 2. The Morgan fingerprint density at radius 2 is 2.39 bits per heavy atom. The summed E-state index contributed by atoms with van der Waals surface area (Å²) in [6.07, 6.45) is 2.08. The second kappa shape index (κ2) is 6.73. The lowest BCUT2D eigenvalue weighted by atomic mass is 10.1. The van der Waals surface area contributed by atoms with Crippen LogP contribution in [-0.4, -0.2) is 25.7 Å². The maximum Gasteiger partial charge on any atom is 0.251 e. The monoisotopic (exact) mass is 379 g/mol. The zero-order chi connectivity index (χ0) is 13.0. The van der Waals surface area contributed by atoms with Gasteiger partial charge < -0.3 is 10.1 Å². The molecule has 0 saturated carbocycles. The normalized spacial score (nSPS) is 18.9. The van der Waals surface area contributed by atoms with Gasteiger partial charge in [0.15, 0.2) is 0 Å². The van der Waals surface area contributed by atoms with Crippen molar-refractivity contribution in [1.82, 2.24) is 5.32 Å². The van der Waals surface area contributed by atoms with Crippen LogP contribution in [0.3, 0.4) is 0 Å². The van der Waals surface area contributed by atoms with Crippen LogP contribution in [-0.2, 0) is 4.74 Å². The molecule has 5 heteroatoms. The van der Waals surface area contributed by atoms with E-state index in [1.165, 1.54) is 0 Å². The molecule has 0 aromatic heterocycles. The van der Waals surface area contributed by atoms with E-state index in [0.29, 0.717) is 23.0 Å². The molecule has 0 radical (unpaired) electrons. The molecule has 2 rings (SSSR count). The van der Waals surface area contributed by atoms with Gasteiger partial charge in [0.05, 0.1) is 5.02 Å². The van der Waals surface area contributed by atoms with Crippen molar-refractivity contribution in [2.45, 2.75) is 12.8 Å². The third kappa shape index (κ3) is 3.83. The number of benzene rings is 1. The third-order valence-corrected chi connectivity index (χ3v) is 4.62. The lowest BCUT2D eigenvalue weighted by Crippen LogP contribution is -2.26. The molecule has 3 nitrogen and oxygen atoms in total. The highest BCUT2D eigenvalue weighted by Crippen LogP contribution is 2.19. The lowest BCUT2D eigenvalue weighted by Gasteiger charge is -2.09. The minimum atomic E-state index is -0.0628. The van der Waals surface area contributed by atoms with Gasteiger partial charge in [-0.25, -0.2) is 0 Å². The second-order valence-electron chi connectivity index (χ2n) is 4.40. The summed E-state index contributed by atoms with van der Waals surface area (Å²) in [5.41, 5.74) is 0.614. The first-order chi connectivity index (χ1) is 8.66. The molecule has 0 spiro atoms. The first-order valence-electron chi connectivity index (χ1n) is 5.98. The standard InChI is InChI=1S/C13H15ClINO2/c14-11-7-10(1-2-12(11)15)13(17)16-5-3-9-4-6-18-8-9/h1-2,7,9H,3-6,8H2,(H,16,17). The first-order valence-corrected chi connectivity index (χ1v) is 7.43. The Kier molecular flexibility index (Phi) is 5.26. The Hall–Kier alpha value is -0.330. The molecule has 1 heterocycles. The Balaban J connectivity index is 1.81. The molecule has 1 amide bonds. The quantitative estimate of drug-likeness (QED) is 0.817. The molecule has 1 atom stereocenters. The van der Waals surface area contributed by atoms with E-state index >= 15 is 0 Å². The van der Waals surface area contributed by atoms with Crippen molar-refractivity contribution in [1.29, 1.82) is 0 Å². The molecule has 0 bridgehead atoms. The predicted octanol–water partition coefficient (Wildman–Crippen LogP) is 3.10. The number of hydrogen-bond donors (Lipinski definition) is 1. The summed E-state index contributed by atoms with van der Waals surface area (Å²) < 4.78 is 6.25. The average molecular weight is 380 g/mol. The topological polar surface area (TPSA) is 38.3 Å². The molecule has 0 aliphatic carbocycles. The SMILES string of the molecule is O=C(NCCC1CCOC1)c1ccc(I)c(Cl)c1. The molecule has 18 heavy (non-hydrogen) atoms. The van der Waals surface area contributed by atoms with Crippen molar-refractivity contribution in [2.24, 2.45) is 5.92 Å². The third-order valence-electron chi connectivity index (χ3n) is 3.04. The number of nitrogens with one attached hydrogen (secondary N) is 1. The van der Waals surface area contributed by atoms with Gasteiger partial charge >= 0.3 is 0 Å². The molecule has 1 aliphatic rings. The molecule has 1 N–H and O–H groups in total. The van der Waals surface area contributed by atoms with Crippen molar-refractivity contribution < 1.29 is 9.53 Å². The van der Waals surface area contributed by atoms with Crippen LogP contribution in [0.2, 0.25) is 5.02 Å². The van der Waals surface area contributed by atoms with Crippen LogP contribution >= 0.6 is 34.2 Å². The van der Waals surface area contributed by atoms with Gasteiger partial charge in [-0.1, -0.05) is 11.6 Å². The van der Waals surface area contributed by atoms with Crippen LogP contribution in [0.4, 0.5) is 0 Å². The molecule has 1 unspecified atom stereocenters. The maximum atomic E-state index is 11.9. The summed E-state index contributed by atoms with van der Waals surface area (Å²) in [5, 5.41) is 3.53. The van der Waals surface area contributed by atoms with E-state index in [4.69, 9.17) is 16.3 Å². The van der Waals surface area contributed by atoms with Crippen LogP contribution in [0.5, 0.6) is 0 Å². The number of rotatable bonds is 4. The number of carbonyl (C=O) groups is 1. The zero-order valence-corrected chi connectivity index (χ0v) is 12.8. The van der Waals surface area contributed by atoms with Crippen LogP contribution < -0.4 is 5.32 Å². The van der Waals surface area contributed by atoms with Crippen LogP contribution in [0.25, 0.3) is 0 Å². The van der Waals surface area contributed by atoms with Crippen molar-refractivity contribution in [2.75, 3.05) is 19.8 Å². The number of ether oxygens (including phenoxy) is 1. The molecular weight excluding hydrogens is 365 g/mol. The van der Waals surface area contributed by atoms with E-state index in [1.807, 2.05) is 6.07 Å². The van der Waals surface area contributed by atoms with E-state index in [9.17, 15) is 4.79 Å². The Bertz CT molecular complexity index is 433. The van der Waals surface area contributed by atoms with Gasteiger partial charge in [-0.2, -0.15) is 0 Å². The van der Waals surface area contributed by atoms with Crippen molar-refractivity contribution in [3.63, 3.8) is 0 Å². The van der Waals surface area contributed by atoms with Gasteiger partial charge in [-0.3, -0.25) is 4.79 Å². The fraction of sp³-hybridized carbons (Fsp3) is 0.462. The van der Waals surface area contributed by atoms with E-state index in [2.05, 4.69) is 27.9 Å². The highest BCUT2D eigenvalue weighted by molar-refractivity contribution is 14.1. The minimum Gasteiger partial charge on any atom is -0.381 e.